The molecule has 0 radical (unpaired) electrons. The lowest BCUT2D eigenvalue weighted by Gasteiger charge is -2.30. The topological polar surface area (TPSA) is 70.4 Å². The Hall–Kier alpha value is -0.900. The van der Waals surface area contributed by atoms with E-state index in [-0.39, 0.29) is 24.0 Å². The van der Waals surface area contributed by atoms with Gasteiger partial charge >= 0.3 is 0 Å². The van der Waals surface area contributed by atoms with Gasteiger partial charge in [0.25, 0.3) is 0 Å². The number of nitrogens with zero attached hydrogens (tertiary/aromatic N) is 5. The lowest BCUT2D eigenvalue weighted by Crippen LogP contribution is -2.39. The van der Waals surface area contributed by atoms with Crippen molar-refractivity contribution < 1.29 is 0 Å². The van der Waals surface area contributed by atoms with Crippen LogP contribution in [0.25, 0.3) is 0 Å². The quantitative estimate of drug-likeness (QED) is 0.247. The summed E-state index contributed by atoms with van der Waals surface area (Å²) in [6.45, 7) is 10.9. The SMILES string of the molecule is CCc1nncn1CCNC(=NC)NCCCCN1CCC(C)CC1.I. The summed E-state index contributed by atoms with van der Waals surface area (Å²) in [6, 6.07) is 0. The molecule has 0 bridgehead atoms. The normalized spacial score (nSPS) is 16.3. The third-order valence-corrected chi connectivity index (χ3v) is 4.95. The van der Waals surface area contributed by atoms with E-state index < -0.39 is 0 Å². The van der Waals surface area contributed by atoms with Gasteiger partial charge in [-0.1, -0.05) is 13.8 Å². The molecule has 2 rings (SSSR count). The molecule has 0 amide bonds. The molecule has 1 aliphatic rings. The van der Waals surface area contributed by atoms with Crippen LogP contribution in [0.5, 0.6) is 0 Å². The highest BCUT2D eigenvalue weighted by Crippen LogP contribution is 2.15. The number of aliphatic imine (C=N–C) groups is 1. The van der Waals surface area contributed by atoms with Gasteiger partial charge in [0.2, 0.25) is 0 Å². The average Bonchev–Trinajstić information content (AvgIpc) is 3.09. The third kappa shape index (κ3) is 8.20. The Kier molecular flexibility index (Phi) is 11.8. The lowest BCUT2D eigenvalue weighted by atomic mass is 9.99. The van der Waals surface area contributed by atoms with Gasteiger partial charge < -0.3 is 20.1 Å². The maximum Gasteiger partial charge on any atom is 0.191 e. The zero-order chi connectivity index (χ0) is 17.9. The Morgan fingerprint density at radius 3 is 2.62 bits per heavy atom. The van der Waals surface area contributed by atoms with Crippen LogP contribution in [0, 0.1) is 5.92 Å². The van der Waals surface area contributed by atoms with Crippen molar-refractivity contribution in [3.63, 3.8) is 0 Å². The first-order valence-corrected chi connectivity index (χ1v) is 9.76. The first kappa shape index (κ1) is 23.1. The summed E-state index contributed by atoms with van der Waals surface area (Å²) in [6.07, 6.45) is 7.85. The highest BCUT2D eigenvalue weighted by Gasteiger charge is 2.14. The van der Waals surface area contributed by atoms with Crippen molar-refractivity contribution in [2.75, 3.05) is 39.8 Å². The second-order valence-corrected chi connectivity index (χ2v) is 6.95. The van der Waals surface area contributed by atoms with E-state index in [1.165, 1.54) is 45.3 Å². The number of hydrogen-bond acceptors (Lipinski definition) is 4. The van der Waals surface area contributed by atoms with Crippen molar-refractivity contribution in [2.24, 2.45) is 10.9 Å². The molecule has 2 N–H and O–H groups in total. The number of piperidine rings is 1. The smallest absolute Gasteiger partial charge is 0.191 e. The van der Waals surface area contributed by atoms with E-state index in [4.69, 9.17) is 0 Å². The van der Waals surface area contributed by atoms with E-state index in [0.717, 1.165) is 43.8 Å². The van der Waals surface area contributed by atoms with E-state index in [2.05, 4.69) is 49.1 Å². The molecule has 1 aromatic heterocycles. The maximum absolute atomic E-state index is 4.29. The number of aryl methyl sites for hydroxylation is 1. The van der Waals surface area contributed by atoms with Crippen molar-refractivity contribution in [1.29, 1.82) is 0 Å². The zero-order valence-corrected chi connectivity index (χ0v) is 18.9. The Morgan fingerprint density at radius 1 is 1.19 bits per heavy atom. The average molecular weight is 477 g/mol. The number of hydrogen-bond donors (Lipinski definition) is 2. The fourth-order valence-electron chi connectivity index (χ4n) is 3.21. The number of rotatable bonds is 9. The summed E-state index contributed by atoms with van der Waals surface area (Å²) in [5.74, 6) is 2.81. The molecule has 0 unspecified atom stereocenters. The van der Waals surface area contributed by atoms with E-state index in [1.54, 1.807) is 6.33 Å². The standard InChI is InChI=1S/C18H35N7.HI/c1-4-17-23-22-15-25(17)14-10-21-18(19-3)20-9-5-6-11-24-12-7-16(2)8-13-24;/h15-16H,4-14H2,1-3H3,(H2,19,20,21);1H. The molecular weight excluding hydrogens is 441 g/mol. The van der Waals surface area contributed by atoms with Gasteiger partial charge in [0.05, 0.1) is 0 Å². The molecule has 0 aliphatic carbocycles. The van der Waals surface area contributed by atoms with Crippen molar-refractivity contribution >= 4 is 29.9 Å². The summed E-state index contributed by atoms with van der Waals surface area (Å²) >= 11 is 0. The number of guanidine groups is 1. The highest BCUT2D eigenvalue weighted by atomic mass is 127. The molecule has 7 nitrogen and oxygen atoms in total. The van der Waals surface area contributed by atoms with Gasteiger partial charge in [-0.2, -0.15) is 0 Å². The minimum Gasteiger partial charge on any atom is -0.356 e. The number of unbranched alkanes of at least 4 members (excludes halogenated alkanes) is 1. The Labute approximate surface area is 175 Å². The summed E-state index contributed by atoms with van der Waals surface area (Å²) in [7, 11) is 1.82. The zero-order valence-electron chi connectivity index (χ0n) is 16.6. The lowest BCUT2D eigenvalue weighted by molar-refractivity contribution is 0.189. The van der Waals surface area contributed by atoms with Gasteiger partial charge in [0.15, 0.2) is 5.96 Å². The molecule has 150 valence electrons. The van der Waals surface area contributed by atoms with Gasteiger partial charge in [-0.25, -0.2) is 0 Å². The van der Waals surface area contributed by atoms with Crippen molar-refractivity contribution in [2.45, 2.75) is 52.5 Å². The number of halogens is 1. The maximum atomic E-state index is 4.29. The van der Waals surface area contributed by atoms with Gasteiger partial charge in [-0.05, 0) is 51.2 Å². The molecule has 1 aliphatic heterocycles. The molecule has 0 atom stereocenters. The molecule has 8 heteroatoms. The third-order valence-electron chi connectivity index (χ3n) is 4.95. The summed E-state index contributed by atoms with van der Waals surface area (Å²) in [4.78, 5) is 6.90. The monoisotopic (exact) mass is 477 g/mol. The van der Waals surface area contributed by atoms with Crippen LogP contribution in [0.4, 0.5) is 0 Å². The Balaban J connectivity index is 0.00000338. The molecular formula is C18H36IN7. The Morgan fingerprint density at radius 2 is 1.92 bits per heavy atom. The predicted molar refractivity (Wildman–Crippen MR) is 118 cm³/mol. The highest BCUT2D eigenvalue weighted by molar-refractivity contribution is 14.0. The van der Waals surface area contributed by atoms with Crippen LogP contribution in [0.1, 0.15) is 45.4 Å². The minimum atomic E-state index is 0. The fraction of sp³-hybridized carbons (Fsp3) is 0.833. The molecule has 1 saturated heterocycles. The molecule has 26 heavy (non-hydrogen) atoms. The van der Waals surface area contributed by atoms with Crippen LogP contribution in [0.15, 0.2) is 11.3 Å². The first-order chi connectivity index (χ1) is 12.2. The second-order valence-electron chi connectivity index (χ2n) is 6.95. The van der Waals surface area contributed by atoms with E-state index in [1.807, 2.05) is 7.05 Å². The predicted octanol–water partition coefficient (Wildman–Crippen LogP) is 2.14. The van der Waals surface area contributed by atoms with Crippen molar-refractivity contribution in [1.82, 2.24) is 30.3 Å². The number of likely N-dealkylation sites (tertiary alicyclic amines) is 1. The van der Waals surface area contributed by atoms with Gasteiger partial charge in [0.1, 0.15) is 12.2 Å². The molecule has 0 spiro atoms. The summed E-state index contributed by atoms with van der Waals surface area (Å²) < 4.78 is 2.08. The fourth-order valence-corrected chi connectivity index (χ4v) is 3.21. The first-order valence-electron chi connectivity index (χ1n) is 9.76. The summed E-state index contributed by atoms with van der Waals surface area (Å²) in [5.41, 5.74) is 0. The van der Waals surface area contributed by atoms with E-state index in [0.29, 0.717) is 0 Å². The molecule has 1 aromatic rings. The van der Waals surface area contributed by atoms with E-state index in [9.17, 15) is 0 Å². The molecule has 0 aromatic carbocycles. The summed E-state index contributed by atoms with van der Waals surface area (Å²) in [5, 5.41) is 14.8. The Bertz CT molecular complexity index is 509. The van der Waals surface area contributed by atoms with Crippen LogP contribution in [0.3, 0.4) is 0 Å². The van der Waals surface area contributed by atoms with Crippen LogP contribution < -0.4 is 10.6 Å². The molecule has 2 heterocycles. The van der Waals surface area contributed by atoms with Crippen LogP contribution >= 0.6 is 24.0 Å². The number of nitrogens with one attached hydrogen (secondary N) is 2. The van der Waals surface area contributed by atoms with Crippen molar-refractivity contribution in [3.8, 4) is 0 Å². The van der Waals surface area contributed by atoms with Crippen molar-refractivity contribution in [3.05, 3.63) is 12.2 Å². The number of aromatic nitrogens is 3. The van der Waals surface area contributed by atoms with Gasteiger partial charge in [-0.3, -0.25) is 4.99 Å². The van der Waals surface area contributed by atoms with Gasteiger partial charge in [-0.15, -0.1) is 34.2 Å². The van der Waals surface area contributed by atoms with Crippen LogP contribution in [-0.4, -0.2) is 65.4 Å². The minimum absolute atomic E-state index is 0. The second kappa shape index (κ2) is 13.3. The largest absolute Gasteiger partial charge is 0.356 e. The van der Waals surface area contributed by atoms with E-state index >= 15 is 0 Å². The van der Waals surface area contributed by atoms with Gasteiger partial charge in [0, 0.05) is 33.1 Å². The molecule has 0 saturated carbocycles. The van der Waals surface area contributed by atoms with Crippen LogP contribution in [0.2, 0.25) is 0 Å². The van der Waals surface area contributed by atoms with Crippen LogP contribution in [-0.2, 0) is 13.0 Å². The molecule has 1 fully saturated rings.